The van der Waals surface area contributed by atoms with Crippen LogP contribution >= 0.6 is 0 Å². The zero-order valence-electron chi connectivity index (χ0n) is 22.0. The molecule has 5 heterocycles. The average Bonchev–Trinajstić information content (AvgIpc) is 3.57. The normalized spacial score (nSPS) is 16.0. The average molecular weight is 560 g/mol. The number of hydrogen-bond donors (Lipinski definition) is 2. The van der Waals surface area contributed by atoms with E-state index in [0.717, 1.165) is 46.8 Å². The highest BCUT2D eigenvalue weighted by molar-refractivity contribution is 7.90. The number of nitrogens with zero attached hydrogens (tertiary/aromatic N) is 8. The molecule has 12 nitrogen and oxygen atoms in total. The van der Waals surface area contributed by atoms with Crippen molar-refractivity contribution < 1.29 is 13.5 Å². The lowest BCUT2D eigenvalue weighted by Crippen LogP contribution is -2.35. The highest BCUT2D eigenvalue weighted by atomic mass is 32.2. The molecule has 0 bridgehead atoms. The van der Waals surface area contributed by atoms with Crippen LogP contribution in [0.5, 0.6) is 0 Å². The van der Waals surface area contributed by atoms with Gasteiger partial charge in [0.2, 0.25) is 0 Å². The van der Waals surface area contributed by atoms with Gasteiger partial charge in [-0.2, -0.15) is 14.3 Å². The molecule has 4 aromatic rings. The van der Waals surface area contributed by atoms with Crippen molar-refractivity contribution in [3.05, 3.63) is 60.4 Å². The number of nitrogens with one attached hydrogen (secondary N) is 1. The smallest absolute Gasteiger partial charge is 0.256 e. The minimum absolute atomic E-state index is 0.201. The van der Waals surface area contributed by atoms with Gasteiger partial charge < -0.3 is 15.3 Å². The fraction of sp³-hybridized carbons (Fsp3) is 0.370. The quantitative estimate of drug-likeness (QED) is 0.323. The van der Waals surface area contributed by atoms with Crippen LogP contribution in [0.2, 0.25) is 0 Å². The summed E-state index contributed by atoms with van der Waals surface area (Å²) in [6.45, 7) is 1.81. The van der Waals surface area contributed by atoms with Gasteiger partial charge in [0, 0.05) is 51.4 Å². The molecule has 0 aromatic carbocycles. The lowest BCUT2D eigenvalue weighted by Gasteiger charge is -2.33. The summed E-state index contributed by atoms with van der Waals surface area (Å²) in [6, 6.07) is 3.67. The molecule has 2 fully saturated rings. The van der Waals surface area contributed by atoms with Gasteiger partial charge >= 0.3 is 0 Å². The first-order valence-electron chi connectivity index (χ1n) is 13.1. The molecule has 4 aromatic heterocycles. The van der Waals surface area contributed by atoms with Crippen molar-refractivity contribution in [2.24, 2.45) is 13.0 Å². The standard InChI is InChI=1S/C27H29N9O3S/c1-34-16-20(13-30-34)2-3-21-14-29-26(12-24(21)35-10-7-19(18-37)8-11-35)32-25-6-9-28-27(33-25)22-15-31-36(17-22)40(38,39)23-4-5-23/h6,9,12-17,19,23,37H,4-5,7-8,10-11,18H2,1H3,(H,28,29,32,33). The Hall–Kier alpha value is -4.28. The molecule has 1 aliphatic heterocycles. The molecule has 6 rings (SSSR count). The Balaban J connectivity index is 1.26. The van der Waals surface area contributed by atoms with Gasteiger partial charge in [-0.15, -0.1) is 0 Å². The van der Waals surface area contributed by atoms with Gasteiger partial charge in [-0.05, 0) is 37.7 Å². The topological polar surface area (TPSA) is 144 Å². The number of rotatable bonds is 7. The fourth-order valence-corrected chi connectivity index (χ4v) is 6.11. The molecular formula is C27H29N9O3S. The molecule has 0 amide bonds. The van der Waals surface area contributed by atoms with E-state index in [-0.39, 0.29) is 11.9 Å². The molecule has 2 aliphatic rings. The minimum Gasteiger partial charge on any atom is -0.396 e. The summed E-state index contributed by atoms with van der Waals surface area (Å²) in [5.41, 5.74) is 3.07. The van der Waals surface area contributed by atoms with Crippen LogP contribution in [0.25, 0.3) is 11.4 Å². The van der Waals surface area contributed by atoms with Gasteiger partial charge in [0.05, 0.1) is 46.2 Å². The lowest BCUT2D eigenvalue weighted by molar-refractivity contribution is 0.203. The van der Waals surface area contributed by atoms with Crippen LogP contribution in [0, 0.1) is 17.8 Å². The SMILES string of the molecule is Cn1cc(C#Cc2cnc(Nc3ccnc(-c4cnn(S(=O)(=O)C5CC5)c4)n3)cc2N2CCC(CO)CC2)cn1. The number of aliphatic hydroxyl groups is 1. The molecule has 1 aliphatic carbocycles. The molecule has 13 heteroatoms. The molecule has 1 saturated heterocycles. The summed E-state index contributed by atoms with van der Waals surface area (Å²) in [6.07, 6.45) is 13.0. The Morgan fingerprint density at radius 1 is 1.02 bits per heavy atom. The summed E-state index contributed by atoms with van der Waals surface area (Å²) in [4.78, 5) is 15.7. The first-order valence-corrected chi connectivity index (χ1v) is 14.7. The van der Waals surface area contributed by atoms with Crippen molar-refractivity contribution in [1.29, 1.82) is 0 Å². The number of piperidine rings is 1. The van der Waals surface area contributed by atoms with Crippen molar-refractivity contribution in [2.75, 3.05) is 29.9 Å². The number of pyridine rings is 1. The van der Waals surface area contributed by atoms with Gasteiger partial charge in [-0.1, -0.05) is 11.8 Å². The second-order valence-corrected chi connectivity index (χ2v) is 12.2. The minimum atomic E-state index is -3.47. The van der Waals surface area contributed by atoms with E-state index in [9.17, 15) is 13.5 Å². The highest BCUT2D eigenvalue weighted by Gasteiger charge is 2.37. The van der Waals surface area contributed by atoms with E-state index in [0.29, 0.717) is 41.8 Å². The summed E-state index contributed by atoms with van der Waals surface area (Å²) < 4.78 is 27.7. The van der Waals surface area contributed by atoms with Crippen LogP contribution in [-0.2, 0) is 17.1 Å². The van der Waals surface area contributed by atoms with Gasteiger partial charge in [-0.3, -0.25) is 4.68 Å². The number of hydrogen-bond acceptors (Lipinski definition) is 10. The van der Waals surface area contributed by atoms with Crippen LogP contribution in [0.1, 0.15) is 36.8 Å². The first kappa shape index (κ1) is 26.0. The van der Waals surface area contributed by atoms with E-state index >= 15 is 0 Å². The largest absolute Gasteiger partial charge is 0.396 e. The Kier molecular flexibility index (Phi) is 6.95. The highest BCUT2D eigenvalue weighted by Crippen LogP contribution is 2.31. The summed E-state index contributed by atoms with van der Waals surface area (Å²) in [7, 11) is -1.62. The monoisotopic (exact) mass is 559 g/mol. The maximum absolute atomic E-state index is 12.5. The van der Waals surface area contributed by atoms with Crippen LogP contribution in [0.15, 0.2) is 49.3 Å². The lowest BCUT2D eigenvalue weighted by atomic mass is 9.97. The Bertz CT molecular complexity index is 1690. The molecule has 0 unspecified atom stereocenters. The zero-order chi connectivity index (χ0) is 27.7. The molecule has 0 radical (unpaired) electrons. The van der Waals surface area contributed by atoms with E-state index in [4.69, 9.17) is 0 Å². The molecule has 1 saturated carbocycles. The molecule has 0 spiro atoms. The fourth-order valence-electron chi connectivity index (χ4n) is 4.63. The Morgan fingerprint density at radius 3 is 2.58 bits per heavy atom. The Morgan fingerprint density at radius 2 is 1.85 bits per heavy atom. The summed E-state index contributed by atoms with van der Waals surface area (Å²) >= 11 is 0. The van der Waals surface area contributed by atoms with Crippen LogP contribution in [0.3, 0.4) is 0 Å². The molecule has 206 valence electrons. The third-order valence-electron chi connectivity index (χ3n) is 7.08. The van der Waals surface area contributed by atoms with E-state index in [1.165, 1.54) is 12.4 Å². The van der Waals surface area contributed by atoms with Crippen LogP contribution in [-0.4, -0.2) is 72.4 Å². The predicted octanol–water partition coefficient (Wildman–Crippen LogP) is 2.16. The predicted molar refractivity (Wildman–Crippen MR) is 149 cm³/mol. The summed E-state index contributed by atoms with van der Waals surface area (Å²) in [5, 5.41) is 20.7. The molecule has 40 heavy (non-hydrogen) atoms. The van der Waals surface area contributed by atoms with Crippen molar-refractivity contribution in [3.63, 3.8) is 0 Å². The second kappa shape index (κ2) is 10.7. The van der Waals surface area contributed by atoms with E-state index in [2.05, 4.69) is 47.2 Å². The van der Waals surface area contributed by atoms with E-state index < -0.39 is 10.0 Å². The summed E-state index contributed by atoms with van der Waals surface area (Å²) in [5.74, 6) is 8.17. The molecule has 0 atom stereocenters. The van der Waals surface area contributed by atoms with E-state index in [1.54, 1.807) is 29.3 Å². The van der Waals surface area contributed by atoms with Crippen molar-refractivity contribution >= 4 is 27.3 Å². The van der Waals surface area contributed by atoms with Crippen molar-refractivity contribution in [1.82, 2.24) is 33.9 Å². The first-order chi connectivity index (χ1) is 19.4. The van der Waals surface area contributed by atoms with Crippen molar-refractivity contribution in [2.45, 2.75) is 30.9 Å². The van der Waals surface area contributed by atoms with Gasteiger partial charge in [0.25, 0.3) is 10.0 Å². The zero-order valence-corrected chi connectivity index (χ0v) is 22.8. The number of aromatic nitrogens is 7. The van der Waals surface area contributed by atoms with Gasteiger partial charge in [-0.25, -0.2) is 23.4 Å². The third kappa shape index (κ3) is 5.54. The van der Waals surface area contributed by atoms with Gasteiger partial charge in [0.1, 0.15) is 11.6 Å². The van der Waals surface area contributed by atoms with Crippen LogP contribution < -0.4 is 10.2 Å². The van der Waals surface area contributed by atoms with Crippen LogP contribution in [0.4, 0.5) is 17.3 Å². The van der Waals surface area contributed by atoms with E-state index in [1.807, 2.05) is 19.3 Å². The van der Waals surface area contributed by atoms with Crippen molar-refractivity contribution in [3.8, 4) is 23.2 Å². The maximum atomic E-state index is 12.5. The second-order valence-electron chi connectivity index (χ2n) is 10.1. The number of aryl methyl sites for hydroxylation is 1. The van der Waals surface area contributed by atoms with Gasteiger partial charge in [0.15, 0.2) is 5.82 Å². The number of anilines is 3. The molecule has 2 N–H and O–H groups in total. The maximum Gasteiger partial charge on any atom is 0.256 e. The molecular weight excluding hydrogens is 530 g/mol. The number of aliphatic hydroxyl groups excluding tert-OH is 1. The third-order valence-corrected chi connectivity index (χ3v) is 9.11. The Labute approximate surface area is 232 Å².